The third kappa shape index (κ3) is 3.59. The van der Waals surface area contributed by atoms with Gasteiger partial charge in [0.1, 0.15) is 0 Å². The van der Waals surface area contributed by atoms with E-state index in [2.05, 4.69) is 0 Å². The van der Waals surface area contributed by atoms with Crippen molar-refractivity contribution in [1.29, 1.82) is 0 Å². The summed E-state index contributed by atoms with van der Waals surface area (Å²) in [6.45, 7) is 3.86. The Balaban J connectivity index is 1.89. The molecule has 5 heteroatoms. The lowest BCUT2D eigenvalue weighted by molar-refractivity contribution is -0.0741. The lowest BCUT2D eigenvalue weighted by atomic mass is 10.2. The predicted octanol–water partition coefficient (Wildman–Crippen LogP) is 0.851. The van der Waals surface area contributed by atoms with Gasteiger partial charge in [0, 0.05) is 33.0 Å². The van der Waals surface area contributed by atoms with Crippen LogP contribution in [0, 0.1) is 0 Å². The number of nitrogens with zero attached hydrogens (tertiary/aromatic N) is 1. The normalized spacial score (nSPS) is 16.0. The molecule has 0 atom stereocenters. The van der Waals surface area contributed by atoms with E-state index in [0.29, 0.717) is 26.1 Å². The Labute approximate surface area is 113 Å². The van der Waals surface area contributed by atoms with Crippen LogP contribution in [0.5, 0.6) is 11.5 Å². The Hall–Kier alpha value is -1.30. The summed E-state index contributed by atoms with van der Waals surface area (Å²) in [5.41, 5.74) is 0. The van der Waals surface area contributed by atoms with Crippen LogP contribution in [0.15, 0.2) is 24.3 Å². The Morgan fingerprint density at radius 1 is 1.00 bits per heavy atom. The molecule has 0 unspecified atom stereocenters. The number of benzene rings is 1. The van der Waals surface area contributed by atoms with E-state index in [9.17, 15) is 0 Å². The highest BCUT2D eigenvalue weighted by atomic mass is 16.7. The first kappa shape index (κ1) is 14.1. The number of fused-ring (bicyclic) bond motifs is 1. The molecule has 1 aromatic carbocycles. The molecule has 0 saturated carbocycles. The van der Waals surface area contributed by atoms with Gasteiger partial charge in [-0.05, 0) is 12.1 Å². The molecule has 0 spiro atoms. The van der Waals surface area contributed by atoms with E-state index in [-0.39, 0.29) is 13.2 Å². The summed E-state index contributed by atoms with van der Waals surface area (Å²) in [5, 5.41) is 18.0. The molecule has 0 aromatic heterocycles. The van der Waals surface area contributed by atoms with Gasteiger partial charge in [-0.25, -0.2) is 0 Å². The van der Waals surface area contributed by atoms with Gasteiger partial charge < -0.3 is 19.7 Å². The van der Waals surface area contributed by atoms with Crippen LogP contribution in [0.2, 0.25) is 0 Å². The first-order chi connectivity index (χ1) is 9.17. The molecule has 1 heterocycles. The second-order valence-corrected chi connectivity index (χ2v) is 4.82. The molecule has 1 aliphatic rings. The number of aliphatic hydroxyl groups is 2. The largest absolute Gasteiger partial charge is 0.449 e. The monoisotopic (exact) mass is 267 g/mol. The smallest absolute Gasteiger partial charge is 0.250 e. The van der Waals surface area contributed by atoms with Gasteiger partial charge >= 0.3 is 0 Å². The lowest BCUT2D eigenvalue weighted by Crippen LogP contribution is -2.40. The van der Waals surface area contributed by atoms with Crippen molar-refractivity contribution >= 4 is 0 Å². The first-order valence-corrected chi connectivity index (χ1v) is 6.58. The zero-order valence-electron chi connectivity index (χ0n) is 11.2. The number of hydrogen-bond acceptors (Lipinski definition) is 5. The molecule has 0 saturated heterocycles. The van der Waals surface area contributed by atoms with Gasteiger partial charge in [-0.3, -0.25) is 4.90 Å². The van der Waals surface area contributed by atoms with Gasteiger partial charge in [-0.2, -0.15) is 0 Å². The van der Waals surface area contributed by atoms with Gasteiger partial charge in [0.2, 0.25) is 5.79 Å². The molecule has 19 heavy (non-hydrogen) atoms. The third-order valence-electron chi connectivity index (χ3n) is 3.22. The maximum absolute atomic E-state index is 8.98. The average Bonchev–Trinajstić information content (AvgIpc) is 2.73. The molecule has 0 amide bonds. The summed E-state index contributed by atoms with van der Waals surface area (Å²) >= 11 is 0. The van der Waals surface area contributed by atoms with E-state index in [0.717, 1.165) is 11.5 Å². The maximum atomic E-state index is 8.98. The number of rotatable bonds is 7. The van der Waals surface area contributed by atoms with Gasteiger partial charge in [0.15, 0.2) is 11.5 Å². The van der Waals surface area contributed by atoms with Crippen LogP contribution < -0.4 is 9.47 Å². The van der Waals surface area contributed by atoms with Crippen molar-refractivity contribution in [3.8, 4) is 11.5 Å². The molecule has 1 aliphatic heterocycles. The van der Waals surface area contributed by atoms with Crippen LogP contribution in [0.4, 0.5) is 0 Å². The summed E-state index contributed by atoms with van der Waals surface area (Å²) in [6.07, 6.45) is 0.668. The van der Waals surface area contributed by atoms with Crippen molar-refractivity contribution in [2.24, 2.45) is 0 Å². The van der Waals surface area contributed by atoms with Crippen LogP contribution in [-0.4, -0.2) is 53.7 Å². The van der Waals surface area contributed by atoms with Crippen LogP contribution in [0.25, 0.3) is 0 Å². The Bertz CT molecular complexity index is 379. The van der Waals surface area contributed by atoms with Crippen molar-refractivity contribution in [2.45, 2.75) is 19.1 Å². The molecular weight excluding hydrogens is 246 g/mol. The summed E-state index contributed by atoms with van der Waals surface area (Å²) in [4.78, 5) is 1.99. The summed E-state index contributed by atoms with van der Waals surface area (Å²) < 4.78 is 11.7. The highest BCUT2D eigenvalue weighted by Crippen LogP contribution is 2.40. The fourth-order valence-electron chi connectivity index (χ4n) is 2.19. The molecule has 0 fully saturated rings. The van der Waals surface area contributed by atoms with Crippen LogP contribution in [0.1, 0.15) is 13.3 Å². The quantitative estimate of drug-likeness (QED) is 0.767. The molecular formula is C14H21NO4. The zero-order chi connectivity index (χ0) is 13.7. The number of para-hydroxylation sites is 2. The van der Waals surface area contributed by atoms with Gasteiger partial charge in [-0.15, -0.1) is 0 Å². The third-order valence-corrected chi connectivity index (χ3v) is 3.22. The summed E-state index contributed by atoms with van der Waals surface area (Å²) in [7, 11) is 0. The molecule has 0 bridgehead atoms. The minimum absolute atomic E-state index is 0.0820. The van der Waals surface area contributed by atoms with E-state index in [1.165, 1.54) is 0 Å². The SMILES string of the molecule is CC1(CCN(CCO)CCO)Oc2ccccc2O1. The van der Waals surface area contributed by atoms with Crippen LogP contribution in [-0.2, 0) is 0 Å². The molecule has 2 N–H and O–H groups in total. The molecule has 2 rings (SSSR count). The zero-order valence-corrected chi connectivity index (χ0v) is 11.2. The minimum atomic E-state index is -0.674. The Morgan fingerprint density at radius 3 is 2.00 bits per heavy atom. The fourth-order valence-corrected chi connectivity index (χ4v) is 2.19. The lowest BCUT2D eigenvalue weighted by Gasteiger charge is -2.27. The predicted molar refractivity (Wildman–Crippen MR) is 71.3 cm³/mol. The van der Waals surface area contributed by atoms with E-state index in [4.69, 9.17) is 19.7 Å². The second-order valence-electron chi connectivity index (χ2n) is 4.82. The van der Waals surface area contributed by atoms with Crippen molar-refractivity contribution in [3.63, 3.8) is 0 Å². The number of hydrogen-bond donors (Lipinski definition) is 2. The standard InChI is InChI=1S/C14H21NO4/c1-14(6-7-15(8-10-16)9-11-17)18-12-4-2-3-5-13(12)19-14/h2-5,16-17H,6-11H2,1H3. The highest BCUT2D eigenvalue weighted by molar-refractivity contribution is 5.42. The van der Waals surface area contributed by atoms with Crippen molar-refractivity contribution in [3.05, 3.63) is 24.3 Å². The maximum Gasteiger partial charge on any atom is 0.250 e. The first-order valence-electron chi connectivity index (χ1n) is 6.58. The molecule has 1 aromatic rings. The molecule has 0 radical (unpaired) electrons. The Kier molecular flexibility index (Phi) is 4.63. The van der Waals surface area contributed by atoms with Crippen LogP contribution in [0.3, 0.4) is 0 Å². The Morgan fingerprint density at radius 2 is 1.53 bits per heavy atom. The molecule has 5 nitrogen and oxygen atoms in total. The van der Waals surface area contributed by atoms with Gasteiger partial charge in [0.25, 0.3) is 0 Å². The van der Waals surface area contributed by atoms with E-state index < -0.39 is 5.79 Å². The minimum Gasteiger partial charge on any atom is -0.449 e. The van der Waals surface area contributed by atoms with Crippen LogP contribution >= 0.6 is 0 Å². The molecule has 106 valence electrons. The summed E-state index contributed by atoms with van der Waals surface area (Å²) in [5.74, 6) is 0.856. The second kappa shape index (κ2) is 6.23. The van der Waals surface area contributed by atoms with Crippen molar-refractivity contribution in [1.82, 2.24) is 4.90 Å². The molecule has 0 aliphatic carbocycles. The van der Waals surface area contributed by atoms with Crippen molar-refractivity contribution < 1.29 is 19.7 Å². The summed E-state index contributed by atoms with van der Waals surface area (Å²) in [6, 6.07) is 7.61. The average molecular weight is 267 g/mol. The van der Waals surface area contributed by atoms with Gasteiger partial charge in [-0.1, -0.05) is 12.1 Å². The van der Waals surface area contributed by atoms with E-state index >= 15 is 0 Å². The van der Waals surface area contributed by atoms with Crippen molar-refractivity contribution in [2.75, 3.05) is 32.8 Å². The van der Waals surface area contributed by atoms with Gasteiger partial charge in [0.05, 0.1) is 13.2 Å². The highest BCUT2D eigenvalue weighted by Gasteiger charge is 2.36. The number of aliphatic hydroxyl groups excluding tert-OH is 2. The van der Waals surface area contributed by atoms with E-state index in [1.807, 2.05) is 36.1 Å². The number of ether oxygens (including phenoxy) is 2. The van der Waals surface area contributed by atoms with E-state index in [1.54, 1.807) is 0 Å². The topological polar surface area (TPSA) is 62.2 Å². The fraction of sp³-hybridized carbons (Fsp3) is 0.571.